The highest BCUT2D eigenvalue weighted by atomic mass is 16.1. The van der Waals surface area contributed by atoms with Gasteiger partial charge in [0.15, 0.2) is 0 Å². The number of primary amides is 1. The first-order chi connectivity index (χ1) is 7.66. The summed E-state index contributed by atoms with van der Waals surface area (Å²) >= 11 is 0. The number of nitrogen functional groups attached to an aromatic ring is 1. The Hall–Kier alpha value is -2.36. The molecule has 0 radical (unpaired) electrons. The van der Waals surface area contributed by atoms with Crippen molar-refractivity contribution < 1.29 is 4.79 Å². The van der Waals surface area contributed by atoms with E-state index in [-0.39, 0.29) is 0 Å². The van der Waals surface area contributed by atoms with Gasteiger partial charge in [-0.1, -0.05) is 12.1 Å². The Bertz CT molecular complexity index is 520. The largest absolute Gasteiger partial charge is 0.384 e. The third kappa shape index (κ3) is 2.00. The number of anilines is 1. The molecule has 0 aliphatic carbocycles. The first-order valence-electron chi connectivity index (χ1n) is 4.78. The van der Waals surface area contributed by atoms with Crippen LogP contribution in [0.3, 0.4) is 0 Å². The Morgan fingerprint density at radius 3 is 2.31 bits per heavy atom. The van der Waals surface area contributed by atoms with Crippen LogP contribution in [0.15, 0.2) is 42.6 Å². The van der Waals surface area contributed by atoms with Gasteiger partial charge >= 0.3 is 0 Å². The second-order valence-corrected chi connectivity index (χ2v) is 3.41. The maximum atomic E-state index is 10.9. The van der Waals surface area contributed by atoms with Gasteiger partial charge in [-0.3, -0.25) is 4.79 Å². The van der Waals surface area contributed by atoms with Gasteiger partial charge in [0.25, 0.3) is 0 Å². The first-order valence-corrected chi connectivity index (χ1v) is 4.78. The molecule has 1 amide bonds. The number of rotatable bonds is 2. The van der Waals surface area contributed by atoms with Crippen LogP contribution in [-0.2, 0) is 0 Å². The highest BCUT2D eigenvalue weighted by Crippen LogP contribution is 2.20. The zero-order chi connectivity index (χ0) is 11.5. The molecule has 0 saturated heterocycles. The average molecular weight is 213 g/mol. The number of aromatic nitrogens is 1. The lowest BCUT2D eigenvalue weighted by Gasteiger charge is -2.03. The van der Waals surface area contributed by atoms with E-state index < -0.39 is 5.91 Å². The summed E-state index contributed by atoms with van der Waals surface area (Å²) in [4.78, 5) is 14.8. The Labute approximate surface area is 92.9 Å². The number of hydrogen-bond donors (Lipinski definition) is 2. The molecule has 0 atom stereocenters. The Kier molecular flexibility index (Phi) is 2.55. The molecule has 1 aromatic heterocycles. The zero-order valence-corrected chi connectivity index (χ0v) is 8.55. The second-order valence-electron chi connectivity index (χ2n) is 3.41. The van der Waals surface area contributed by atoms with Crippen molar-refractivity contribution in [1.82, 2.24) is 4.98 Å². The predicted octanol–water partition coefficient (Wildman–Crippen LogP) is 1.43. The van der Waals surface area contributed by atoms with Gasteiger partial charge in [-0.25, -0.2) is 4.98 Å². The lowest BCUT2D eigenvalue weighted by atomic mass is 10.0. The van der Waals surface area contributed by atoms with Gasteiger partial charge < -0.3 is 11.5 Å². The van der Waals surface area contributed by atoms with E-state index in [2.05, 4.69) is 4.98 Å². The van der Waals surface area contributed by atoms with E-state index in [0.29, 0.717) is 11.4 Å². The molecule has 16 heavy (non-hydrogen) atoms. The molecule has 0 saturated carbocycles. The van der Waals surface area contributed by atoms with Gasteiger partial charge in [0, 0.05) is 11.8 Å². The van der Waals surface area contributed by atoms with Gasteiger partial charge in [-0.15, -0.1) is 0 Å². The molecule has 0 aliphatic heterocycles. The molecule has 4 heteroatoms. The van der Waals surface area contributed by atoms with E-state index in [9.17, 15) is 4.79 Å². The summed E-state index contributed by atoms with van der Waals surface area (Å²) in [6, 6.07) is 10.7. The molecule has 2 rings (SSSR count). The number of carbonyl (C=O) groups excluding carboxylic acids is 1. The van der Waals surface area contributed by atoms with Crippen molar-refractivity contribution in [2.75, 3.05) is 5.73 Å². The van der Waals surface area contributed by atoms with Crippen LogP contribution in [0, 0.1) is 0 Å². The van der Waals surface area contributed by atoms with Crippen LogP contribution in [0.1, 0.15) is 10.4 Å². The molecule has 80 valence electrons. The van der Waals surface area contributed by atoms with Crippen LogP contribution in [0.5, 0.6) is 0 Å². The van der Waals surface area contributed by atoms with E-state index in [1.54, 1.807) is 24.4 Å². The molecule has 1 heterocycles. The van der Waals surface area contributed by atoms with Crippen molar-refractivity contribution in [3.8, 4) is 11.1 Å². The number of nitrogens with two attached hydrogens (primary N) is 2. The summed E-state index contributed by atoms with van der Waals surface area (Å²) in [5, 5.41) is 0. The van der Waals surface area contributed by atoms with E-state index >= 15 is 0 Å². The molecule has 4 N–H and O–H groups in total. The highest BCUT2D eigenvalue weighted by Gasteiger charge is 2.01. The molecule has 0 aliphatic rings. The van der Waals surface area contributed by atoms with E-state index in [4.69, 9.17) is 11.5 Å². The molecular formula is C12H11N3O. The molecule has 0 spiro atoms. The first kappa shape index (κ1) is 10.2. The summed E-state index contributed by atoms with van der Waals surface area (Å²) in [5.74, 6) is 0.0391. The van der Waals surface area contributed by atoms with E-state index in [0.717, 1.165) is 11.1 Å². The smallest absolute Gasteiger partial charge is 0.248 e. The molecule has 0 unspecified atom stereocenters. The number of amides is 1. The lowest BCUT2D eigenvalue weighted by molar-refractivity contribution is 0.100. The third-order valence-electron chi connectivity index (χ3n) is 2.28. The number of benzene rings is 1. The molecule has 2 aromatic rings. The molecule has 0 fully saturated rings. The van der Waals surface area contributed by atoms with Crippen molar-refractivity contribution >= 4 is 11.7 Å². The summed E-state index contributed by atoms with van der Waals surface area (Å²) in [6.45, 7) is 0. The summed E-state index contributed by atoms with van der Waals surface area (Å²) in [6.07, 6.45) is 1.65. The normalized spacial score (nSPS) is 10.0. The number of carbonyl (C=O) groups is 1. The Morgan fingerprint density at radius 2 is 1.75 bits per heavy atom. The topological polar surface area (TPSA) is 82.0 Å². The minimum Gasteiger partial charge on any atom is -0.384 e. The van der Waals surface area contributed by atoms with Crippen molar-refractivity contribution in [2.24, 2.45) is 5.73 Å². The molecule has 4 nitrogen and oxygen atoms in total. The zero-order valence-electron chi connectivity index (χ0n) is 8.55. The maximum Gasteiger partial charge on any atom is 0.248 e. The van der Waals surface area contributed by atoms with Crippen LogP contribution < -0.4 is 11.5 Å². The van der Waals surface area contributed by atoms with Crippen LogP contribution in [-0.4, -0.2) is 10.9 Å². The monoisotopic (exact) mass is 213 g/mol. The van der Waals surface area contributed by atoms with Crippen molar-refractivity contribution in [1.29, 1.82) is 0 Å². The number of nitrogens with zero attached hydrogens (tertiary/aromatic N) is 1. The van der Waals surface area contributed by atoms with Crippen LogP contribution >= 0.6 is 0 Å². The fourth-order valence-electron chi connectivity index (χ4n) is 1.45. The molecule has 1 aromatic carbocycles. The fourth-order valence-corrected chi connectivity index (χ4v) is 1.45. The minimum absolute atomic E-state index is 0.430. The second kappa shape index (κ2) is 4.02. The minimum atomic E-state index is -0.430. The third-order valence-corrected chi connectivity index (χ3v) is 2.28. The summed E-state index contributed by atoms with van der Waals surface area (Å²) in [7, 11) is 0. The fraction of sp³-hybridized carbons (Fsp3) is 0. The van der Waals surface area contributed by atoms with Gasteiger partial charge in [0.2, 0.25) is 5.91 Å². The van der Waals surface area contributed by atoms with E-state index in [1.165, 1.54) is 0 Å². The summed E-state index contributed by atoms with van der Waals surface area (Å²) < 4.78 is 0. The number of hydrogen-bond acceptors (Lipinski definition) is 3. The van der Waals surface area contributed by atoms with Gasteiger partial charge in [-0.05, 0) is 35.4 Å². The van der Waals surface area contributed by atoms with Crippen molar-refractivity contribution in [3.05, 3.63) is 48.2 Å². The van der Waals surface area contributed by atoms with E-state index in [1.807, 2.05) is 18.2 Å². The predicted molar refractivity (Wildman–Crippen MR) is 62.6 cm³/mol. The quantitative estimate of drug-likeness (QED) is 0.791. The lowest BCUT2D eigenvalue weighted by Crippen LogP contribution is -2.10. The van der Waals surface area contributed by atoms with Gasteiger partial charge in [0.05, 0.1) is 0 Å². The van der Waals surface area contributed by atoms with Crippen LogP contribution in [0.2, 0.25) is 0 Å². The molecule has 0 bridgehead atoms. The van der Waals surface area contributed by atoms with Crippen molar-refractivity contribution in [3.63, 3.8) is 0 Å². The average Bonchev–Trinajstić information content (AvgIpc) is 2.29. The number of pyridine rings is 1. The Balaban J connectivity index is 2.38. The van der Waals surface area contributed by atoms with Gasteiger partial charge in [-0.2, -0.15) is 0 Å². The van der Waals surface area contributed by atoms with Crippen LogP contribution in [0.4, 0.5) is 5.82 Å². The Morgan fingerprint density at radius 1 is 1.06 bits per heavy atom. The highest BCUT2D eigenvalue weighted by molar-refractivity contribution is 5.93. The van der Waals surface area contributed by atoms with Crippen molar-refractivity contribution in [2.45, 2.75) is 0 Å². The standard InChI is InChI=1S/C12H11N3O/c13-11-7-10(5-6-15-11)8-1-3-9(4-2-8)12(14)16/h1-7H,(H2,13,15)(H2,14,16). The summed E-state index contributed by atoms with van der Waals surface area (Å²) in [5.41, 5.74) is 13.2. The van der Waals surface area contributed by atoms with Gasteiger partial charge in [0.1, 0.15) is 5.82 Å². The van der Waals surface area contributed by atoms with Crippen LogP contribution in [0.25, 0.3) is 11.1 Å². The SMILES string of the molecule is NC(=O)c1ccc(-c2ccnc(N)c2)cc1. The maximum absolute atomic E-state index is 10.9. The molecular weight excluding hydrogens is 202 g/mol.